The number of halogens is 3. The third kappa shape index (κ3) is 3.07. The smallest absolute Gasteiger partial charge is 0.264 e. The average Bonchev–Trinajstić information content (AvgIpc) is 2.35. The van der Waals surface area contributed by atoms with Crippen LogP contribution in [-0.2, 0) is 10.0 Å². The third-order valence-electron chi connectivity index (χ3n) is 2.44. The lowest BCUT2D eigenvalue weighted by molar-refractivity contribution is 0.594. The van der Waals surface area contributed by atoms with Crippen LogP contribution < -0.4 is 10.5 Å². The van der Waals surface area contributed by atoms with E-state index in [2.05, 4.69) is 15.9 Å². The summed E-state index contributed by atoms with van der Waals surface area (Å²) < 4.78 is 53.4. The average molecular weight is 363 g/mol. The minimum Gasteiger partial charge on any atom is -0.398 e. The van der Waals surface area contributed by atoms with Crippen molar-refractivity contribution in [3.05, 3.63) is 52.5 Å². The first-order chi connectivity index (χ1) is 9.29. The van der Waals surface area contributed by atoms with Crippen LogP contribution in [0.1, 0.15) is 0 Å². The molecule has 0 heterocycles. The minimum absolute atomic E-state index is 0.128. The van der Waals surface area contributed by atoms with Crippen molar-refractivity contribution in [1.29, 1.82) is 0 Å². The molecule has 3 N–H and O–H groups in total. The van der Waals surface area contributed by atoms with Crippen LogP contribution in [0.5, 0.6) is 0 Å². The summed E-state index contributed by atoms with van der Waals surface area (Å²) >= 11 is 3.06. The topological polar surface area (TPSA) is 72.2 Å². The fourth-order valence-corrected chi connectivity index (χ4v) is 3.06. The largest absolute Gasteiger partial charge is 0.398 e. The molecule has 0 saturated carbocycles. The van der Waals surface area contributed by atoms with Crippen molar-refractivity contribution in [2.75, 3.05) is 10.5 Å². The monoisotopic (exact) mass is 362 g/mol. The van der Waals surface area contributed by atoms with Gasteiger partial charge in [-0.05, 0) is 36.4 Å². The molecule has 0 fully saturated rings. The fourth-order valence-electron chi connectivity index (χ4n) is 1.51. The van der Waals surface area contributed by atoms with Crippen LogP contribution in [0, 0.1) is 11.6 Å². The highest BCUT2D eigenvalue weighted by Crippen LogP contribution is 2.25. The maximum Gasteiger partial charge on any atom is 0.264 e. The van der Waals surface area contributed by atoms with Crippen LogP contribution in [0.25, 0.3) is 0 Å². The van der Waals surface area contributed by atoms with Gasteiger partial charge >= 0.3 is 0 Å². The molecule has 0 amide bonds. The molecule has 0 aliphatic heterocycles. The Morgan fingerprint density at radius 3 is 2.45 bits per heavy atom. The number of benzene rings is 2. The lowest BCUT2D eigenvalue weighted by atomic mass is 10.3. The summed E-state index contributed by atoms with van der Waals surface area (Å²) in [5.41, 5.74) is 5.12. The minimum atomic E-state index is -4.17. The third-order valence-corrected chi connectivity index (χ3v) is 4.36. The molecule has 20 heavy (non-hydrogen) atoms. The molecular weight excluding hydrogens is 354 g/mol. The molecule has 0 radical (unpaired) electrons. The molecule has 8 heteroatoms. The Hall–Kier alpha value is -1.67. The van der Waals surface area contributed by atoms with E-state index < -0.39 is 26.6 Å². The van der Waals surface area contributed by atoms with E-state index in [0.29, 0.717) is 4.47 Å². The number of rotatable bonds is 3. The molecule has 0 unspecified atom stereocenters. The van der Waals surface area contributed by atoms with Gasteiger partial charge in [0.05, 0.1) is 11.4 Å². The first-order valence-corrected chi connectivity index (χ1v) is 7.60. The Bertz CT molecular complexity index is 766. The number of sulfonamides is 1. The molecule has 0 bridgehead atoms. The molecule has 2 aromatic rings. The Morgan fingerprint density at radius 2 is 1.80 bits per heavy atom. The number of anilines is 2. The molecule has 0 aliphatic rings. The number of nitrogens with two attached hydrogens (primary N) is 1. The number of nitrogens with one attached hydrogen (secondary N) is 1. The first-order valence-electron chi connectivity index (χ1n) is 5.32. The lowest BCUT2D eigenvalue weighted by Crippen LogP contribution is -2.16. The highest BCUT2D eigenvalue weighted by Gasteiger charge is 2.20. The van der Waals surface area contributed by atoms with E-state index in [1.165, 1.54) is 12.1 Å². The zero-order valence-corrected chi connectivity index (χ0v) is 12.3. The van der Waals surface area contributed by atoms with Gasteiger partial charge in [-0.25, -0.2) is 17.2 Å². The highest BCUT2D eigenvalue weighted by molar-refractivity contribution is 9.10. The quantitative estimate of drug-likeness (QED) is 0.824. The summed E-state index contributed by atoms with van der Waals surface area (Å²) in [6.07, 6.45) is 0. The van der Waals surface area contributed by atoms with Gasteiger partial charge in [-0.1, -0.05) is 15.9 Å². The number of hydrogen-bond acceptors (Lipinski definition) is 3. The Kier molecular flexibility index (Phi) is 3.96. The van der Waals surface area contributed by atoms with Gasteiger partial charge in [0.2, 0.25) is 0 Å². The van der Waals surface area contributed by atoms with Gasteiger partial charge in [-0.15, -0.1) is 0 Å². The van der Waals surface area contributed by atoms with Gasteiger partial charge in [0.15, 0.2) is 0 Å². The molecule has 2 aromatic carbocycles. The second-order valence-corrected chi connectivity index (χ2v) is 6.48. The Balaban J connectivity index is 2.43. The van der Waals surface area contributed by atoms with Gasteiger partial charge in [0, 0.05) is 4.47 Å². The molecule has 106 valence electrons. The van der Waals surface area contributed by atoms with Crippen molar-refractivity contribution >= 4 is 37.3 Å². The number of nitrogen functional groups attached to an aromatic ring is 1. The van der Waals surface area contributed by atoms with E-state index in [1.54, 1.807) is 0 Å². The molecule has 0 aliphatic carbocycles. The second kappa shape index (κ2) is 5.37. The summed E-state index contributed by atoms with van der Waals surface area (Å²) in [4.78, 5) is -0.445. The van der Waals surface area contributed by atoms with Crippen molar-refractivity contribution < 1.29 is 17.2 Å². The van der Waals surface area contributed by atoms with Crippen molar-refractivity contribution in [2.45, 2.75) is 4.90 Å². The van der Waals surface area contributed by atoms with Crippen LogP contribution in [0.3, 0.4) is 0 Å². The maximum atomic E-state index is 13.6. The maximum absolute atomic E-state index is 13.6. The van der Waals surface area contributed by atoms with E-state index in [-0.39, 0.29) is 11.4 Å². The molecular formula is C12H9BrF2N2O2S. The van der Waals surface area contributed by atoms with Crippen LogP contribution in [0.2, 0.25) is 0 Å². The van der Waals surface area contributed by atoms with Crippen LogP contribution in [-0.4, -0.2) is 8.42 Å². The van der Waals surface area contributed by atoms with Gasteiger partial charge in [0.1, 0.15) is 16.5 Å². The molecule has 4 nitrogen and oxygen atoms in total. The summed E-state index contributed by atoms with van der Waals surface area (Å²) in [5, 5.41) is 0. The lowest BCUT2D eigenvalue weighted by Gasteiger charge is -2.11. The van der Waals surface area contributed by atoms with E-state index in [9.17, 15) is 17.2 Å². The number of hydrogen-bond donors (Lipinski definition) is 2. The zero-order chi connectivity index (χ0) is 14.9. The molecule has 0 aromatic heterocycles. The van der Waals surface area contributed by atoms with Crippen molar-refractivity contribution in [3.8, 4) is 0 Å². The fraction of sp³-hybridized carbons (Fsp3) is 0. The molecule has 0 saturated heterocycles. The Labute approximate surface area is 122 Å². The van der Waals surface area contributed by atoms with E-state index in [0.717, 1.165) is 24.3 Å². The summed E-state index contributed by atoms with van der Waals surface area (Å²) in [5.74, 6) is -1.52. The van der Waals surface area contributed by atoms with Crippen LogP contribution >= 0.6 is 15.9 Å². The van der Waals surface area contributed by atoms with Crippen molar-refractivity contribution in [2.24, 2.45) is 0 Å². The summed E-state index contributed by atoms with van der Waals surface area (Å²) in [7, 11) is -4.17. The normalized spacial score (nSPS) is 11.3. The second-order valence-electron chi connectivity index (χ2n) is 3.91. The predicted octanol–water partition coefficient (Wildman–Crippen LogP) is 3.11. The SMILES string of the molecule is Nc1ccc(F)cc1S(=O)(=O)Nc1ccc(Br)cc1F. The van der Waals surface area contributed by atoms with E-state index in [4.69, 9.17) is 5.73 Å². The first kappa shape index (κ1) is 14.7. The van der Waals surface area contributed by atoms with E-state index >= 15 is 0 Å². The van der Waals surface area contributed by atoms with Gasteiger partial charge in [-0.3, -0.25) is 4.72 Å². The Morgan fingerprint density at radius 1 is 1.10 bits per heavy atom. The van der Waals surface area contributed by atoms with Gasteiger partial charge in [-0.2, -0.15) is 0 Å². The van der Waals surface area contributed by atoms with E-state index in [1.807, 2.05) is 4.72 Å². The molecule has 0 atom stereocenters. The predicted molar refractivity (Wildman–Crippen MR) is 75.7 cm³/mol. The van der Waals surface area contributed by atoms with Crippen LogP contribution in [0.15, 0.2) is 45.8 Å². The highest BCUT2D eigenvalue weighted by atomic mass is 79.9. The van der Waals surface area contributed by atoms with Crippen molar-refractivity contribution in [3.63, 3.8) is 0 Å². The van der Waals surface area contributed by atoms with Crippen molar-refractivity contribution in [1.82, 2.24) is 0 Å². The summed E-state index contributed by atoms with van der Waals surface area (Å²) in [6.45, 7) is 0. The summed E-state index contributed by atoms with van der Waals surface area (Å²) in [6, 6.07) is 6.75. The van der Waals surface area contributed by atoms with Crippen LogP contribution in [0.4, 0.5) is 20.2 Å². The zero-order valence-electron chi connectivity index (χ0n) is 9.90. The van der Waals surface area contributed by atoms with Gasteiger partial charge in [0.25, 0.3) is 10.0 Å². The molecule has 2 rings (SSSR count). The van der Waals surface area contributed by atoms with Gasteiger partial charge < -0.3 is 5.73 Å². The standard InChI is InChI=1S/C12H9BrF2N2O2S/c13-7-1-4-11(9(15)5-7)17-20(18,19)12-6-8(14)2-3-10(12)16/h1-6,17H,16H2. The molecule has 0 spiro atoms.